The second-order valence-electron chi connectivity index (χ2n) is 3.74. The zero-order valence-corrected chi connectivity index (χ0v) is 10.4. The van der Waals surface area contributed by atoms with Crippen molar-refractivity contribution < 1.29 is 24.9 Å². The second kappa shape index (κ2) is 8.71. The average molecular weight is 261 g/mol. The number of aliphatic hydroxyl groups excluding tert-OH is 3. The minimum Gasteiger partial charge on any atom is -0.464 e. The van der Waals surface area contributed by atoms with Gasteiger partial charge in [0.2, 0.25) is 0 Å². The van der Waals surface area contributed by atoms with Gasteiger partial charge in [-0.3, -0.25) is 0 Å². The molecule has 104 valence electrons. The maximum Gasteiger partial charge on any atom is 0.337 e. The molecule has 0 aliphatic heterocycles. The van der Waals surface area contributed by atoms with E-state index in [0.29, 0.717) is 6.42 Å². The van der Waals surface area contributed by atoms with Crippen LogP contribution in [0.4, 0.5) is 0 Å². The number of azide groups is 1. The van der Waals surface area contributed by atoms with Gasteiger partial charge in [-0.1, -0.05) is 18.5 Å². The average Bonchev–Trinajstić information content (AvgIpc) is 2.34. The number of hydrogen-bond donors (Lipinski definition) is 3. The van der Waals surface area contributed by atoms with E-state index in [9.17, 15) is 20.1 Å². The maximum atomic E-state index is 11.2. The highest BCUT2D eigenvalue weighted by molar-refractivity contribution is 5.75. The summed E-state index contributed by atoms with van der Waals surface area (Å²) < 4.78 is 4.53. The van der Waals surface area contributed by atoms with Gasteiger partial charge < -0.3 is 20.1 Å². The molecule has 0 amide bonds. The predicted octanol–water partition coefficient (Wildman–Crippen LogP) is 0.111. The van der Waals surface area contributed by atoms with Gasteiger partial charge in [0.25, 0.3) is 0 Å². The van der Waals surface area contributed by atoms with E-state index < -0.39 is 30.3 Å². The monoisotopic (exact) mass is 261 g/mol. The fourth-order valence-corrected chi connectivity index (χ4v) is 1.45. The fourth-order valence-electron chi connectivity index (χ4n) is 1.45. The van der Waals surface area contributed by atoms with Crippen molar-refractivity contribution in [3.05, 3.63) is 10.4 Å². The van der Waals surface area contributed by atoms with E-state index in [0.717, 1.165) is 0 Å². The van der Waals surface area contributed by atoms with Crippen molar-refractivity contribution >= 4 is 5.97 Å². The summed E-state index contributed by atoms with van der Waals surface area (Å²) in [6, 6.07) is -1.30. The van der Waals surface area contributed by atoms with Gasteiger partial charge in [0, 0.05) is 4.91 Å². The molecule has 0 heterocycles. The molecule has 0 saturated heterocycles. The van der Waals surface area contributed by atoms with Gasteiger partial charge >= 0.3 is 5.97 Å². The largest absolute Gasteiger partial charge is 0.464 e. The number of aliphatic hydroxyl groups is 3. The molecule has 0 aromatic carbocycles. The molecule has 3 N–H and O–H groups in total. The van der Waals surface area contributed by atoms with Crippen molar-refractivity contribution in [3.63, 3.8) is 0 Å². The lowest BCUT2D eigenvalue weighted by Gasteiger charge is -2.25. The van der Waals surface area contributed by atoms with Crippen LogP contribution < -0.4 is 0 Å². The Balaban J connectivity index is 4.79. The first kappa shape index (κ1) is 16.7. The fraction of sp³-hybridized carbons (Fsp3) is 0.900. The van der Waals surface area contributed by atoms with Gasteiger partial charge in [0.1, 0.15) is 6.10 Å². The van der Waals surface area contributed by atoms with Crippen molar-refractivity contribution in [2.45, 2.75) is 51.0 Å². The number of esters is 1. The summed E-state index contributed by atoms with van der Waals surface area (Å²) in [6.45, 7) is 3.39. The molecular formula is C10H19N3O5. The molecule has 0 saturated carbocycles. The Bertz CT molecular complexity index is 306. The summed E-state index contributed by atoms with van der Waals surface area (Å²) in [5.41, 5.74) is 8.36. The number of ether oxygens (including phenoxy) is 1. The van der Waals surface area contributed by atoms with E-state index in [1.54, 1.807) is 13.8 Å². The topological polar surface area (TPSA) is 136 Å². The predicted molar refractivity (Wildman–Crippen MR) is 62.5 cm³/mol. The molecule has 8 heteroatoms. The van der Waals surface area contributed by atoms with Crippen LogP contribution in [0.15, 0.2) is 5.11 Å². The van der Waals surface area contributed by atoms with Crippen molar-refractivity contribution in [1.82, 2.24) is 0 Å². The van der Waals surface area contributed by atoms with Gasteiger partial charge in [-0.25, -0.2) is 4.79 Å². The summed E-state index contributed by atoms with van der Waals surface area (Å²) in [5.74, 6) is -1.02. The highest BCUT2D eigenvalue weighted by Crippen LogP contribution is 2.14. The molecule has 0 fully saturated rings. The Morgan fingerprint density at radius 3 is 2.44 bits per heavy atom. The minimum absolute atomic E-state index is 0.0479. The first-order chi connectivity index (χ1) is 8.49. The molecule has 0 aliphatic rings. The quantitative estimate of drug-likeness (QED) is 0.246. The van der Waals surface area contributed by atoms with Crippen LogP contribution in [0.25, 0.3) is 10.4 Å². The summed E-state index contributed by atoms with van der Waals surface area (Å²) >= 11 is 0. The molecule has 18 heavy (non-hydrogen) atoms. The Labute approximate surface area is 105 Å². The zero-order chi connectivity index (χ0) is 14.1. The third kappa shape index (κ3) is 4.89. The lowest BCUT2D eigenvalue weighted by molar-refractivity contribution is -0.161. The van der Waals surface area contributed by atoms with Crippen LogP contribution in [0, 0.1) is 0 Å². The number of nitrogens with zero attached hydrogens (tertiary/aromatic N) is 3. The molecule has 0 rings (SSSR count). The number of hydrogen-bond acceptors (Lipinski definition) is 6. The number of carbonyl (C=O) groups is 1. The Morgan fingerprint density at radius 2 is 2.00 bits per heavy atom. The highest BCUT2D eigenvalue weighted by Gasteiger charge is 2.35. The van der Waals surface area contributed by atoms with Gasteiger partial charge in [0.05, 0.1) is 18.8 Å². The number of rotatable bonds is 8. The van der Waals surface area contributed by atoms with Crippen molar-refractivity contribution in [2.75, 3.05) is 6.61 Å². The Hall–Kier alpha value is -1.34. The third-order valence-corrected chi connectivity index (χ3v) is 2.37. The zero-order valence-electron chi connectivity index (χ0n) is 10.4. The van der Waals surface area contributed by atoms with Crippen LogP contribution in [0.1, 0.15) is 26.7 Å². The molecule has 4 atom stereocenters. The summed E-state index contributed by atoms with van der Waals surface area (Å²) in [7, 11) is 0. The third-order valence-electron chi connectivity index (χ3n) is 2.37. The van der Waals surface area contributed by atoms with E-state index >= 15 is 0 Å². The van der Waals surface area contributed by atoms with Crippen LogP contribution in [0.3, 0.4) is 0 Å². The van der Waals surface area contributed by atoms with Gasteiger partial charge in [-0.05, 0) is 18.9 Å². The first-order valence-corrected chi connectivity index (χ1v) is 5.74. The van der Waals surface area contributed by atoms with E-state index in [1.165, 1.54) is 0 Å². The van der Waals surface area contributed by atoms with E-state index in [-0.39, 0.29) is 13.0 Å². The summed E-state index contributed by atoms with van der Waals surface area (Å²) in [5, 5.41) is 32.1. The molecule has 0 aromatic heterocycles. The maximum absolute atomic E-state index is 11.2. The lowest BCUT2D eigenvalue weighted by Crippen LogP contribution is -2.47. The minimum atomic E-state index is -1.85. The van der Waals surface area contributed by atoms with Crippen LogP contribution in [0.5, 0.6) is 0 Å². The van der Waals surface area contributed by atoms with Crippen LogP contribution >= 0.6 is 0 Å². The van der Waals surface area contributed by atoms with Crippen molar-refractivity contribution in [3.8, 4) is 0 Å². The van der Waals surface area contributed by atoms with Crippen molar-refractivity contribution in [1.29, 1.82) is 0 Å². The van der Waals surface area contributed by atoms with Gasteiger partial charge in [-0.15, -0.1) is 0 Å². The molecule has 0 unspecified atom stereocenters. The number of carbonyl (C=O) groups excluding carboxylic acids is 1. The van der Waals surface area contributed by atoms with Gasteiger partial charge in [0.15, 0.2) is 6.10 Å². The molecule has 0 aromatic rings. The normalized spacial score (nSPS) is 17.2. The van der Waals surface area contributed by atoms with Crippen molar-refractivity contribution in [2.24, 2.45) is 5.11 Å². The second-order valence-corrected chi connectivity index (χ2v) is 3.74. The SMILES string of the molecule is CCC[C@H](O)[C@@H](N=[N+]=[N-])[C@@H](O)[C@H](O)C(=O)OCC. The van der Waals surface area contributed by atoms with Crippen LogP contribution in [0.2, 0.25) is 0 Å². The summed E-state index contributed by atoms with van der Waals surface area (Å²) in [6.07, 6.45) is -3.82. The Morgan fingerprint density at radius 1 is 1.39 bits per heavy atom. The van der Waals surface area contributed by atoms with E-state index in [4.69, 9.17) is 5.53 Å². The van der Waals surface area contributed by atoms with E-state index in [1.807, 2.05) is 0 Å². The van der Waals surface area contributed by atoms with Crippen LogP contribution in [-0.4, -0.2) is 52.2 Å². The molecule has 0 spiro atoms. The van der Waals surface area contributed by atoms with Crippen LogP contribution in [-0.2, 0) is 9.53 Å². The highest BCUT2D eigenvalue weighted by atomic mass is 16.5. The lowest BCUT2D eigenvalue weighted by atomic mass is 9.98. The smallest absolute Gasteiger partial charge is 0.337 e. The van der Waals surface area contributed by atoms with Gasteiger partial charge in [-0.2, -0.15) is 0 Å². The van der Waals surface area contributed by atoms with E-state index in [2.05, 4.69) is 14.8 Å². The summed E-state index contributed by atoms with van der Waals surface area (Å²) in [4.78, 5) is 13.7. The standard InChI is InChI=1S/C10H19N3O5/c1-3-5-6(14)7(12-13-11)8(15)9(16)10(17)18-4-2/h6-9,14-16H,3-5H2,1-2H3/t6-,7+,8+,9-/m0/s1. The molecule has 8 nitrogen and oxygen atoms in total. The molecule has 0 bridgehead atoms. The molecule has 0 aliphatic carbocycles. The first-order valence-electron chi connectivity index (χ1n) is 5.74. The Kier molecular flexibility index (Phi) is 8.06. The molecule has 0 radical (unpaired) electrons. The molecular weight excluding hydrogens is 242 g/mol.